The minimum absolute atomic E-state index is 0.374. The van der Waals surface area contributed by atoms with Gasteiger partial charge in [0.25, 0.3) is 0 Å². The summed E-state index contributed by atoms with van der Waals surface area (Å²) in [6, 6.07) is 0.374. The molecule has 82 valence electrons. The van der Waals surface area contributed by atoms with Gasteiger partial charge in [-0.3, -0.25) is 0 Å². The third-order valence-electron chi connectivity index (χ3n) is 3.17. The quantitative estimate of drug-likeness (QED) is 0.700. The van der Waals surface area contributed by atoms with Crippen molar-refractivity contribution in [2.75, 3.05) is 20.1 Å². The van der Waals surface area contributed by atoms with Gasteiger partial charge in [-0.1, -0.05) is 11.6 Å². The zero-order valence-electron chi connectivity index (χ0n) is 9.79. The predicted molar refractivity (Wildman–Crippen MR) is 62.2 cm³/mol. The van der Waals surface area contributed by atoms with Crippen molar-refractivity contribution in [1.82, 2.24) is 4.90 Å². The number of likely N-dealkylation sites (tertiary alicyclic amines) is 1. The number of rotatable bonds is 3. The van der Waals surface area contributed by atoms with E-state index in [1.54, 1.807) is 0 Å². The highest BCUT2D eigenvalue weighted by atomic mass is 15.1. The molecule has 1 aliphatic heterocycles. The molecule has 14 heavy (non-hydrogen) atoms. The van der Waals surface area contributed by atoms with Crippen molar-refractivity contribution in [2.45, 2.75) is 39.2 Å². The second-order valence-electron chi connectivity index (χ2n) is 4.82. The van der Waals surface area contributed by atoms with E-state index in [0.717, 1.165) is 12.3 Å². The van der Waals surface area contributed by atoms with Gasteiger partial charge in [0.15, 0.2) is 0 Å². The minimum Gasteiger partial charge on any atom is -0.327 e. The van der Waals surface area contributed by atoms with Crippen molar-refractivity contribution in [3.8, 4) is 0 Å². The van der Waals surface area contributed by atoms with Crippen molar-refractivity contribution in [1.29, 1.82) is 0 Å². The highest BCUT2D eigenvalue weighted by Gasteiger charge is 2.21. The van der Waals surface area contributed by atoms with Crippen molar-refractivity contribution < 1.29 is 0 Å². The molecule has 0 amide bonds. The van der Waals surface area contributed by atoms with Crippen LogP contribution >= 0.6 is 0 Å². The van der Waals surface area contributed by atoms with E-state index in [2.05, 4.69) is 31.9 Å². The predicted octanol–water partition coefficient (Wildman–Crippen LogP) is 2.01. The second-order valence-corrected chi connectivity index (χ2v) is 4.82. The normalized spacial score (nSPS) is 22.0. The molecule has 1 aliphatic rings. The van der Waals surface area contributed by atoms with E-state index < -0.39 is 0 Å². The fraction of sp³-hybridized carbons (Fsp3) is 0.833. The number of hydrogen-bond acceptors (Lipinski definition) is 2. The van der Waals surface area contributed by atoms with Crippen LogP contribution in [0.15, 0.2) is 11.6 Å². The maximum Gasteiger partial charge on any atom is 0.0103 e. The molecule has 1 heterocycles. The topological polar surface area (TPSA) is 29.3 Å². The van der Waals surface area contributed by atoms with Crippen molar-refractivity contribution in [2.24, 2.45) is 11.7 Å². The zero-order valence-corrected chi connectivity index (χ0v) is 9.79. The molecular weight excluding hydrogens is 172 g/mol. The van der Waals surface area contributed by atoms with Crippen LogP contribution in [-0.4, -0.2) is 31.1 Å². The first-order chi connectivity index (χ1) is 6.59. The van der Waals surface area contributed by atoms with Gasteiger partial charge in [-0.2, -0.15) is 0 Å². The van der Waals surface area contributed by atoms with Crippen molar-refractivity contribution in [3.05, 3.63) is 11.6 Å². The van der Waals surface area contributed by atoms with E-state index in [4.69, 9.17) is 5.73 Å². The molecule has 1 saturated heterocycles. The van der Waals surface area contributed by atoms with Crippen LogP contribution in [0.2, 0.25) is 0 Å². The third-order valence-corrected chi connectivity index (χ3v) is 3.17. The van der Waals surface area contributed by atoms with E-state index in [0.29, 0.717) is 6.04 Å². The van der Waals surface area contributed by atoms with Gasteiger partial charge in [0.05, 0.1) is 0 Å². The largest absolute Gasteiger partial charge is 0.327 e. The molecule has 1 rings (SSSR count). The van der Waals surface area contributed by atoms with Crippen LogP contribution in [0.5, 0.6) is 0 Å². The van der Waals surface area contributed by atoms with Gasteiger partial charge in [-0.25, -0.2) is 0 Å². The SMILES string of the molecule is CC(C)=CCC(N)C1CCN(C)CC1. The second kappa shape index (κ2) is 5.52. The smallest absolute Gasteiger partial charge is 0.0103 e. The lowest BCUT2D eigenvalue weighted by Crippen LogP contribution is -2.39. The lowest BCUT2D eigenvalue weighted by molar-refractivity contribution is 0.199. The molecule has 0 saturated carbocycles. The fourth-order valence-corrected chi connectivity index (χ4v) is 2.02. The first kappa shape index (κ1) is 11.7. The standard InChI is InChI=1S/C12H24N2/c1-10(2)4-5-12(13)11-6-8-14(3)9-7-11/h4,11-12H,5-9,13H2,1-3H3. The van der Waals surface area contributed by atoms with Gasteiger partial charge < -0.3 is 10.6 Å². The van der Waals surface area contributed by atoms with Crippen molar-refractivity contribution in [3.63, 3.8) is 0 Å². The molecular formula is C12H24N2. The van der Waals surface area contributed by atoms with Crippen LogP contribution in [-0.2, 0) is 0 Å². The molecule has 0 spiro atoms. The van der Waals surface area contributed by atoms with Gasteiger partial charge >= 0.3 is 0 Å². The molecule has 0 radical (unpaired) electrons. The lowest BCUT2D eigenvalue weighted by atomic mass is 9.88. The molecule has 1 unspecified atom stereocenters. The summed E-state index contributed by atoms with van der Waals surface area (Å²) in [4.78, 5) is 2.39. The Bertz CT molecular complexity index is 186. The average Bonchev–Trinajstić information content (AvgIpc) is 2.15. The number of hydrogen-bond donors (Lipinski definition) is 1. The number of allylic oxidation sites excluding steroid dienone is 1. The highest BCUT2D eigenvalue weighted by molar-refractivity contribution is 4.96. The van der Waals surface area contributed by atoms with Gasteiger partial charge in [0, 0.05) is 6.04 Å². The van der Waals surface area contributed by atoms with Gasteiger partial charge in [-0.15, -0.1) is 0 Å². The molecule has 1 fully saturated rings. The molecule has 0 aromatic heterocycles. The Labute approximate surface area is 88.2 Å². The maximum atomic E-state index is 6.18. The summed E-state index contributed by atoms with van der Waals surface area (Å²) in [5.74, 6) is 0.738. The van der Waals surface area contributed by atoms with E-state index in [1.807, 2.05) is 0 Å². The number of nitrogens with zero attached hydrogens (tertiary/aromatic N) is 1. The molecule has 2 nitrogen and oxygen atoms in total. The van der Waals surface area contributed by atoms with Crippen molar-refractivity contribution >= 4 is 0 Å². The van der Waals surface area contributed by atoms with Crippen LogP contribution < -0.4 is 5.73 Å². The Balaban J connectivity index is 2.30. The Morgan fingerprint density at radius 2 is 2.00 bits per heavy atom. The van der Waals surface area contributed by atoms with Crippen LogP contribution in [0, 0.1) is 5.92 Å². The highest BCUT2D eigenvalue weighted by Crippen LogP contribution is 2.20. The van der Waals surface area contributed by atoms with E-state index in [-0.39, 0.29) is 0 Å². The summed E-state index contributed by atoms with van der Waals surface area (Å²) in [6.07, 6.45) is 5.86. The number of nitrogens with two attached hydrogens (primary N) is 1. The third kappa shape index (κ3) is 3.81. The molecule has 0 aromatic carbocycles. The van der Waals surface area contributed by atoms with Gasteiger partial charge in [-0.05, 0) is 59.2 Å². The average molecular weight is 196 g/mol. The Kier molecular flexibility index (Phi) is 4.63. The van der Waals surface area contributed by atoms with Gasteiger partial charge in [0.2, 0.25) is 0 Å². The molecule has 1 atom stereocenters. The maximum absolute atomic E-state index is 6.18. The summed E-state index contributed by atoms with van der Waals surface area (Å²) in [6.45, 7) is 6.71. The molecule has 2 N–H and O–H groups in total. The lowest BCUT2D eigenvalue weighted by Gasteiger charge is -2.32. The molecule has 2 heteroatoms. The molecule has 0 aliphatic carbocycles. The van der Waals surface area contributed by atoms with Crippen LogP contribution in [0.25, 0.3) is 0 Å². The first-order valence-corrected chi connectivity index (χ1v) is 5.67. The summed E-state index contributed by atoms with van der Waals surface area (Å²) < 4.78 is 0. The first-order valence-electron chi connectivity index (χ1n) is 5.67. The Morgan fingerprint density at radius 3 is 2.50 bits per heavy atom. The van der Waals surface area contributed by atoms with Crippen LogP contribution in [0.3, 0.4) is 0 Å². The molecule has 0 bridgehead atoms. The summed E-state index contributed by atoms with van der Waals surface area (Å²) >= 11 is 0. The van der Waals surface area contributed by atoms with Crippen LogP contribution in [0.4, 0.5) is 0 Å². The summed E-state index contributed by atoms with van der Waals surface area (Å²) in [7, 11) is 2.19. The van der Waals surface area contributed by atoms with E-state index in [9.17, 15) is 0 Å². The number of piperidine rings is 1. The molecule has 0 aromatic rings. The van der Waals surface area contributed by atoms with Gasteiger partial charge in [0.1, 0.15) is 0 Å². The zero-order chi connectivity index (χ0) is 10.6. The Morgan fingerprint density at radius 1 is 1.43 bits per heavy atom. The Hall–Kier alpha value is -0.340. The monoisotopic (exact) mass is 196 g/mol. The van der Waals surface area contributed by atoms with E-state index >= 15 is 0 Å². The fourth-order valence-electron chi connectivity index (χ4n) is 2.02. The van der Waals surface area contributed by atoms with E-state index in [1.165, 1.54) is 31.5 Å². The summed E-state index contributed by atoms with van der Waals surface area (Å²) in [5.41, 5.74) is 7.56. The van der Waals surface area contributed by atoms with Crippen LogP contribution in [0.1, 0.15) is 33.1 Å². The summed E-state index contributed by atoms with van der Waals surface area (Å²) in [5, 5.41) is 0. The minimum atomic E-state index is 0.374.